The number of thiazole rings is 2. The predicted molar refractivity (Wildman–Crippen MR) is 225 cm³/mol. The minimum atomic E-state index is -0.293. The smallest absolute Gasteiger partial charge is 0.277 e. The first kappa shape index (κ1) is 38.6. The highest BCUT2D eigenvalue weighted by Crippen LogP contribution is 2.34. The summed E-state index contributed by atoms with van der Waals surface area (Å²) in [6, 6.07) is 27.8. The van der Waals surface area contributed by atoms with E-state index in [0.29, 0.717) is 36.6 Å². The van der Waals surface area contributed by atoms with Crippen molar-refractivity contribution >= 4 is 97.2 Å². The fourth-order valence-electron chi connectivity index (χ4n) is 5.10. The topological polar surface area (TPSA) is 116 Å². The number of carbonyl (C=O) groups is 1. The fraction of sp³-hybridized carbons (Fsp3) is 0.154. The first-order valence-corrected chi connectivity index (χ1v) is 20.7. The van der Waals surface area contributed by atoms with Gasteiger partial charge in [0.1, 0.15) is 21.7 Å². The Labute approximate surface area is 333 Å². The molecule has 53 heavy (non-hydrogen) atoms. The van der Waals surface area contributed by atoms with Crippen LogP contribution in [0, 0.1) is 27.7 Å². The number of rotatable bonds is 9. The normalized spacial score (nSPS) is 11.0. The van der Waals surface area contributed by atoms with E-state index in [1.807, 2.05) is 38.1 Å². The molecule has 0 bridgehead atoms. The SMILES string of the molecule is Cc1ccc(CSc2nc(N)c(C(=O)Nc3c(C)cccc3Cl)s2)cc1.Cc1ccc(CSc2nc3ncn(-c4c(C)cccc4Cl)c(=O)c3s2)cc1. The molecule has 7 rings (SSSR count). The highest BCUT2D eigenvalue weighted by Gasteiger charge is 2.19. The fourth-order valence-corrected chi connectivity index (χ4v) is 9.58. The Kier molecular flexibility index (Phi) is 12.6. The summed E-state index contributed by atoms with van der Waals surface area (Å²) in [7, 11) is 0. The number of nitrogen functional groups attached to an aromatic ring is 1. The van der Waals surface area contributed by atoms with Crippen LogP contribution in [0.1, 0.15) is 43.1 Å². The number of nitrogens with two attached hydrogens (primary N) is 1. The summed E-state index contributed by atoms with van der Waals surface area (Å²) in [6.07, 6.45) is 1.51. The van der Waals surface area contributed by atoms with E-state index in [0.717, 1.165) is 31.3 Å². The number of amides is 1. The summed E-state index contributed by atoms with van der Waals surface area (Å²) < 4.78 is 3.66. The summed E-state index contributed by atoms with van der Waals surface area (Å²) >= 11 is 18.3. The zero-order valence-corrected chi connectivity index (χ0v) is 33.9. The number of aryl methyl sites for hydroxylation is 4. The second-order valence-corrected chi connectivity index (χ2v) is 17.3. The van der Waals surface area contributed by atoms with Gasteiger partial charge in [0, 0.05) is 11.5 Å². The number of anilines is 2. The van der Waals surface area contributed by atoms with Gasteiger partial charge in [-0.05, 0) is 62.1 Å². The van der Waals surface area contributed by atoms with Gasteiger partial charge in [-0.25, -0.2) is 15.0 Å². The quantitative estimate of drug-likeness (QED) is 0.138. The van der Waals surface area contributed by atoms with Crippen LogP contribution in [0.25, 0.3) is 16.0 Å². The van der Waals surface area contributed by atoms with E-state index in [1.165, 1.54) is 55.8 Å². The van der Waals surface area contributed by atoms with Gasteiger partial charge in [0.05, 0.1) is 21.4 Å². The van der Waals surface area contributed by atoms with E-state index in [2.05, 4.69) is 82.6 Å². The van der Waals surface area contributed by atoms with Crippen molar-refractivity contribution < 1.29 is 4.79 Å². The molecule has 1 amide bonds. The number of halogens is 2. The van der Waals surface area contributed by atoms with Gasteiger partial charge >= 0.3 is 0 Å². The summed E-state index contributed by atoms with van der Waals surface area (Å²) in [5, 5.41) is 3.86. The molecule has 0 aliphatic carbocycles. The van der Waals surface area contributed by atoms with Crippen LogP contribution >= 0.6 is 69.4 Å². The van der Waals surface area contributed by atoms with Gasteiger partial charge in [-0.1, -0.05) is 131 Å². The summed E-state index contributed by atoms with van der Waals surface area (Å²) in [5.41, 5.74) is 14.3. The number of hydrogen-bond acceptors (Lipinski definition) is 10. The maximum Gasteiger partial charge on any atom is 0.277 e. The lowest BCUT2D eigenvalue weighted by atomic mass is 10.2. The van der Waals surface area contributed by atoms with E-state index in [1.54, 1.807) is 35.7 Å². The Morgan fingerprint density at radius 2 is 1.34 bits per heavy atom. The minimum Gasteiger partial charge on any atom is -0.382 e. The van der Waals surface area contributed by atoms with Crippen molar-refractivity contribution in [3.63, 3.8) is 0 Å². The standard InChI is InChI=1S/C20H16ClN3OS2.C19H18ClN3OS2/c1-12-6-8-14(9-7-12)10-26-20-23-18-17(27-20)19(25)24(11-22-18)16-13(2)4-3-5-15(16)21;1-11-6-8-13(9-7-11)10-25-19-23-17(21)16(26-19)18(24)22-15-12(2)4-3-5-14(15)20/h3-9,11H,10H2,1-2H3;3-9H,10,21H2,1-2H3,(H,22,24). The average Bonchev–Trinajstić information content (AvgIpc) is 3.74. The van der Waals surface area contributed by atoms with Crippen molar-refractivity contribution in [1.82, 2.24) is 19.5 Å². The Morgan fingerprint density at radius 3 is 1.92 bits per heavy atom. The van der Waals surface area contributed by atoms with E-state index in [-0.39, 0.29) is 17.3 Å². The molecule has 0 unspecified atom stereocenters. The molecule has 8 nitrogen and oxygen atoms in total. The van der Waals surface area contributed by atoms with Gasteiger partial charge < -0.3 is 11.1 Å². The molecule has 3 N–H and O–H groups in total. The Bertz CT molecular complexity index is 2420. The van der Waals surface area contributed by atoms with Gasteiger partial charge in [-0.2, -0.15) is 0 Å². The van der Waals surface area contributed by atoms with Gasteiger partial charge in [-0.15, -0.1) is 22.7 Å². The number of benzene rings is 4. The second kappa shape index (κ2) is 17.3. The molecular formula is C39H34Cl2N6O2S4. The van der Waals surface area contributed by atoms with E-state index >= 15 is 0 Å². The highest BCUT2D eigenvalue weighted by atomic mass is 35.5. The van der Waals surface area contributed by atoms with Gasteiger partial charge in [-0.3, -0.25) is 14.2 Å². The maximum atomic E-state index is 13.0. The molecule has 7 aromatic rings. The number of fused-ring (bicyclic) bond motifs is 1. The molecule has 4 aromatic carbocycles. The molecule has 270 valence electrons. The van der Waals surface area contributed by atoms with Crippen molar-refractivity contribution in [2.45, 2.75) is 47.9 Å². The lowest BCUT2D eigenvalue weighted by Crippen LogP contribution is -2.19. The Balaban J connectivity index is 0.000000182. The second-order valence-electron chi connectivity index (χ2n) is 12.1. The van der Waals surface area contributed by atoms with Crippen molar-refractivity contribution in [1.29, 1.82) is 0 Å². The lowest BCUT2D eigenvalue weighted by molar-refractivity contribution is 0.103. The molecule has 0 saturated carbocycles. The predicted octanol–water partition coefficient (Wildman–Crippen LogP) is 10.9. The highest BCUT2D eigenvalue weighted by molar-refractivity contribution is 8.00. The van der Waals surface area contributed by atoms with Crippen LogP contribution < -0.4 is 16.6 Å². The summed E-state index contributed by atoms with van der Waals surface area (Å²) in [5.74, 6) is 1.53. The van der Waals surface area contributed by atoms with Crippen molar-refractivity contribution in [3.05, 3.63) is 150 Å². The minimum absolute atomic E-state index is 0.143. The zero-order valence-electron chi connectivity index (χ0n) is 29.1. The van der Waals surface area contributed by atoms with Crippen LogP contribution in [0.3, 0.4) is 0 Å². The number of hydrogen-bond donors (Lipinski definition) is 2. The molecule has 3 heterocycles. The third-order valence-corrected chi connectivity index (χ3v) is 13.1. The van der Waals surface area contributed by atoms with Crippen LogP contribution in [0.5, 0.6) is 0 Å². The largest absolute Gasteiger partial charge is 0.382 e. The van der Waals surface area contributed by atoms with Crippen LogP contribution in [0.15, 0.2) is 105 Å². The van der Waals surface area contributed by atoms with Crippen molar-refractivity contribution in [2.24, 2.45) is 0 Å². The molecule has 0 aliphatic rings. The Morgan fingerprint density at radius 1 is 0.774 bits per heavy atom. The molecule has 0 saturated heterocycles. The maximum absolute atomic E-state index is 13.0. The number of carbonyl (C=O) groups excluding carboxylic acids is 1. The third kappa shape index (κ3) is 9.50. The Hall–Kier alpha value is -4.17. The summed E-state index contributed by atoms with van der Waals surface area (Å²) in [4.78, 5) is 39.2. The number of nitrogens with zero attached hydrogens (tertiary/aromatic N) is 4. The van der Waals surface area contributed by atoms with Crippen LogP contribution in [0.4, 0.5) is 11.5 Å². The van der Waals surface area contributed by atoms with Gasteiger partial charge in [0.25, 0.3) is 11.5 Å². The van der Waals surface area contributed by atoms with Crippen LogP contribution in [-0.2, 0) is 11.5 Å². The average molecular weight is 818 g/mol. The number of aromatic nitrogens is 4. The van der Waals surface area contributed by atoms with Crippen LogP contribution in [-0.4, -0.2) is 25.4 Å². The summed E-state index contributed by atoms with van der Waals surface area (Å²) in [6.45, 7) is 7.94. The molecule has 0 aliphatic heterocycles. The number of thioether (sulfide) groups is 2. The molecule has 14 heteroatoms. The van der Waals surface area contributed by atoms with Crippen molar-refractivity contribution in [2.75, 3.05) is 11.1 Å². The van der Waals surface area contributed by atoms with Gasteiger partial charge in [0.2, 0.25) is 0 Å². The monoisotopic (exact) mass is 816 g/mol. The van der Waals surface area contributed by atoms with E-state index < -0.39 is 0 Å². The van der Waals surface area contributed by atoms with Crippen molar-refractivity contribution in [3.8, 4) is 5.69 Å². The van der Waals surface area contributed by atoms with Gasteiger partial charge in [0.15, 0.2) is 14.3 Å². The molecule has 3 aromatic heterocycles. The third-order valence-electron chi connectivity index (χ3n) is 7.99. The number of para-hydroxylation sites is 2. The molecular weight excluding hydrogens is 784 g/mol. The molecule has 0 atom stereocenters. The zero-order chi connectivity index (χ0) is 37.6. The van der Waals surface area contributed by atoms with Crippen LogP contribution in [0.2, 0.25) is 10.0 Å². The number of nitrogens with one attached hydrogen (secondary N) is 1. The molecule has 0 fully saturated rings. The lowest BCUT2D eigenvalue weighted by Gasteiger charge is -2.10. The molecule has 0 radical (unpaired) electrons. The first-order valence-electron chi connectivity index (χ1n) is 16.3. The van der Waals surface area contributed by atoms with E-state index in [9.17, 15) is 9.59 Å². The molecule has 0 spiro atoms. The first-order chi connectivity index (χ1) is 25.5. The van der Waals surface area contributed by atoms with E-state index in [4.69, 9.17) is 28.9 Å².